The highest BCUT2D eigenvalue weighted by Gasteiger charge is 2.11. The molecule has 0 aliphatic carbocycles. The standard InChI is InChI=1S/C19H20N2O/c1-3-4-10-17-19(14-8-6-5-7-9-14)21-16-12-11-15(22-2)13-18(16)20-17/h5-9,11-13H,3-4,10H2,1-2H3. The maximum atomic E-state index is 5.29. The molecule has 0 saturated carbocycles. The Bertz CT molecular complexity index is 769. The summed E-state index contributed by atoms with van der Waals surface area (Å²) in [6.45, 7) is 2.19. The molecule has 0 spiro atoms. The fraction of sp³-hybridized carbons (Fsp3) is 0.263. The first kappa shape index (κ1) is 14.5. The van der Waals surface area contributed by atoms with Crippen LogP contribution in [-0.2, 0) is 6.42 Å². The summed E-state index contributed by atoms with van der Waals surface area (Å²) in [4.78, 5) is 9.71. The van der Waals surface area contributed by atoms with Gasteiger partial charge in [-0.3, -0.25) is 0 Å². The van der Waals surface area contributed by atoms with E-state index in [9.17, 15) is 0 Å². The smallest absolute Gasteiger partial charge is 0.121 e. The average Bonchev–Trinajstić information content (AvgIpc) is 2.59. The number of fused-ring (bicyclic) bond motifs is 1. The van der Waals surface area contributed by atoms with E-state index in [0.717, 1.165) is 53.0 Å². The summed E-state index contributed by atoms with van der Waals surface area (Å²) in [6, 6.07) is 16.1. The summed E-state index contributed by atoms with van der Waals surface area (Å²) >= 11 is 0. The lowest BCUT2D eigenvalue weighted by Crippen LogP contribution is -1.99. The van der Waals surface area contributed by atoms with Gasteiger partial charge in [0.1, 0.15) is 5.75 Å². The van der Waals surface area contributed by atoms with E-state index in [1.807, 2.05) is 36.4 Å². The predicted molar refractivity (Wildman–Crippen MR) is 90.1 cm³/mol. The van der Waals surface area contributed by atoms with Crippen molar-refractivity contribution in [3.63, 3.8) is 0 Å². The fourth-order valence-electron chi connectivity index (χ4n) is 2.54. The van der Waals surface area contributed by atoms with E-state index >= 15 is 0 Å². The third kappa shape index (κ3) is 2.93. The van der Waals surface area contributed by atoms with Gasteiger partial charge in [-0.15, -0.1) is 0 Å². The molecule has 0 fully saturated rings. The summed E-state index contributed by atoms with van der Waals surface area (Å²) in [5.74, 6) is 0.815. The summed E-state index contributed by atoms with van der Waals surface area (Å²) in [5, 5.41) is 0. The predicted octanol–water partition coefficient (Wildman–Crippen LogP) is 4.65. The van der Waals surface area contributed by atoms with Gasteiger partial charge in [0, 0.05) is 11.6 Å². The van der Waals surface area contributed by atoms with Gasteiger partial charge in [0.15, 0.2) is 0 Å². The first-order valence-electron chi connectivity index (χ1n) is 7.72. The third-order valence-corrected chi connectivity index (χ3v) is 3.76. The number of hydrogen-bond donors (Lipinski definition) is 0. The molecule has 2 aromatic carbocycles. The van der Waals surface area contributed by atoms with Gasteiger partial charge in [0.2, 0.25) is 0 Å². The number of aryl methyl sites for hydroxylation is 1. The molecular weight excluding hydrogens is 272 g/mol. The number of nitrogens with zero attached hydrogens (tertiary/aromatic N) is 2. The number of hydrogen-bond acceptors (Lipinski definition) is 3. The third-order valence-electron chi connectivity index (χ3n) is 3.76. The van der Waals surface area contributed by atoms with Crippen LogP contribution in [-0.4, -0.2) is 17.1 Å². The Hall–Kier alpha value is -2.42. The van der Waals surface area contributed by atoms with Crippen molar-refractivity contribution >= 4 is 11.0 Å². The minimum atomic E-state index is 0.815. The molecule has 22 heavy (non-hydrogen) atoms. The van der Waals surface area contributed by atoms with Gasteiger partial charge in [-0.05, 0) is 25.0 Å². The van der Waals surface area contributed by atoms with Gasteiger partial charge >= 0.3 is 0 Å². The lowest BCUT2D eigenvalue weighted by Gasteiger charge is -2.10. The zero-order valence-electron chi connectivity index (χ0n) is 13.0. The Morgan fingerprint density at radius 3 is 2.50 bits per heavy atom. The molecule has 112 valence electrons. The van der Waals surface area contributed by atoms with E-state index in [2.05, 4.69) is 19.1 Å². The van der Waals surface area contributed by atoms with Crippen LogP contribution in [0.3, 0.4) is 0 Å². The SMILES string of the molecule is CCCCc1nc2cc(OC)ccc2nc1-c1ccccc1. The lowest BCUT2D eigenvalue weighted by atomic mass is 10.1. The highest BCUT2D eigenvalue weighted by molar-refractivity contribution is 5.79. The Kier molecular flexibility index (Phi) is 4.33. The second-order valence-corrected chi connectivity index (χ2v) is 5.34. The minimum Gasteiger partial charge on any atom is -0.497 e. The first-order chi connectivity index (χ1) is 10.8. The topological polar surface area (TPSA) is 35.0 Å². The van der Waals surface area contributed by atoms with Crippen LogP contribution in [0, 0.1) is 0 Å². The maximum Gasteiger partial charge on any atom is 0.121 e. The number of unbranched alkanes of at least 4 members (excludes halogenated alkanes) is 1. The van der Waals surface area contributed by atoms with E-state index in [0.29, 0.717) is 0 Å². The van der Waals surface area contributed by atoms with Gasteiger partial charge in [-0.2, -0.15) is 0 Å². The molecule has 0 N–H and O–H groups in total. The van der Waals surface area contributed by atoms with Crippen molar-refractivity contribution in [2.45, 2.75) is 26.2 Å². The zero-order chi connectivity index (χ0) is 15.4. The van der Waals surface area contributed by atoms with Crippen molar-refractivity contribution in [3.8, 4) is 17.0 Å². The Balaban J connectivity index is 2.16. The van der Waals surface area contributed by atoms with Gasteiger partial charge < -0.3 is 4.74 Å². The largest absolute Gasteiger partial charge is 0.497 e. The number of benzene rings is 2. The quantitative estimate of drug-likeness (QED) is 0.686. The minimum absolute atomic E-state index is 0.815. The number of methoxy groups -OCH3 is 1. The van der Waals surface area contributed by atoms with E-state index in [1.54, 1.807) is 7.11 Å². The van der Waals surface area contributed by atoms with Crippen LogP contribution in [0.25, 0.3) is 22.3 Å². The van der Waals surface area contributed by atoms with Crippen LogP contribution >= 0.6 is 0 Å². The van der Waals surface area contributed by atoms with Crippen LogP contribution < -0.4 is 4.74 Å². The monoisotopic (exact) mass is 292 g/mol. The van der Waals surface area contributed by atoms with Crippen LogP contribution in [0.4, 0.5) is 0 Å². The second-order valence-electron chi connectivity index (χ2n) is 5.34. The van der Waals surface area contributed by atoms with Gasteiger partial charge in [0.25, 0.3) is 0 Å². The summed E-state index contributed by atoms with van der Waals surface area (Å²) < 4.78 is 5.29. The summed E-state index contributed by atoms with van der Waals surface area (Å²) in [7, 11) is 1.67. The molecule has 3 rings (SSSR count). The number of ether oxygens (including phenoxy) is 1. The molecule has 3 heteroatoms. The Morgan fingerprint density at radius 2 is 1.77 bits per heavy atom. The zero-order valence-corrected chi connectivity index (χ0v) is 13.0. The Labute approximate surface area is 131 Å². The van der Waals surface area contributed by atoms with E-state index in [-0.39, 0.29) is 0 Å². The molecule has 0 radical (unpaired) electrons. The van der Waals surface area contributed by atoms with Gasteiger partial charge in [-0.25, -0.2) is 9.97 Å². The molecule has 0 atom stereocenters. The molecule has 1 aromatic heterocycles. The fourth-order valence-corrected chi connectivity index (χ4v) is 2.54. The van der Waals surface area contributed by atoms with Crippen molar-refractivity contribution in [1.82, 2.24) is 9.97 Å². The molecular formula is C19H20N2O. The molecule has 0 aliphatic heterocycles. The molecule has 3 nitrogen and oxygen atoms in total. The molecule has 0 unspecified atom stereocenters. The van der Waals surface area contributed by atoms with Crippen molar-refractivity contribution in [2.75, 3.05) is 7.11 Å². The van der Waals surface area contributed by atoms with Gasteiger partial charge in [-0.1, -0.05) is 43.7 Å². The van der Waals surface area contributed by atoms with Crippen LogP contribution in [0.1, 0.15) is 25.5 Å². The number of aromatic nitrogens is 2. The molecule has 0 aliphatic rings. The summed E-state index contributed by atoms with van der Waals surface area (Å²) in [5.41, 5.74) is 4.98. The molecule has 0 bridgehead atoms. The van der Waals surface area contributed by atoms with Crippen molar-refractivity contribution in [2.24, 2.45) is 0 Å². The van der Waals surface area contributed by atoms with E-state index < -0.39 is 0 Å². The van der Waals surface area contributed by atoms with Crippen LogP contribution in [0.5, 0.6) is 5.75 Å². The lowest BCUT2D eigenvalue weighted by molar-refractivity contribution is 0.415. The summed E-state index contributed by atoms with van der Waals surface area (Å²) in [6.07, 6.45) is 3.21. The van der Waals surface area contributed by atoms with Crippen molar-refractivity contribution in [3.05, 3.63) is 54.2 Å². The van der Waals surface area contributed by atoms with E-state index in [4.69, 9.17) is 14.7 Å². The molecule has 1 heterocycles. The van der Waals surface area contributed by atoms with E-state index in [1.165, 1.54) is 0 Å². The Morgan fingerprint density at radius 1 is 0.955 bits per heavy atom. The molecule has 3 aromatic rings. The normalized spacial score (nSPS) is 10.8. The second kappa shape index (κ2) is 6.56. The number of rotatable bonds is 5. The average molecular weight is 292 g/mol. The first-order valence-corrected chi connectivity index (χ1v) is 7.72. The highest BCUT2D eigenvalue weighted by Crippen LogP contribution is 2.26. The molecule has 0 saturated heterocycles. The maximum absolute atomic E-state index is 5.29. The van der Waals surface area contributed by atoms with Crippen LogP contribution in [0.2, 0.25) is 0 Å². The van der Waals surface area contributed by atoms with Crippen molar-refractivity contribution < 1.29 is 4.74 Å². The van der Waals surface area contributed by atoms with Gasteiger partial charge in [0.05, 0.1) is 29.5 Å². The molecule has 0 amide bonds. The van der Waals surface area contributed by atoms with Crippen LogP contribution in [0.15, 0.2) is 48.5 Å². The highest BCUT2D eigenvalue weighted by atomic mass is 16.5. The van der Waals surface area contributed by atoms with Crippen molar-refractivity contribution in [1.29, 1.82) is 0 Å².